The van der Waals surface area contributed by atoms with Crippen molar-refractivity contribution in [2.45, 2.75) is 27.2 Å². The predicted octanol–water partition coefficient (Wildman–Crippen LogP) is 6.71. The molecule has 3 aromatic heterocycles. The number of aromatic nitrogens is 2. The molecule has 2 aromatic carbocycles. The fraction of sp³-hybridized carbons (Fsp3) is 0.229. The Morgan fingerprint density at radius 3 is 2.24 bits per heavy atom. The highest BCUT2D eigenvalue weighted by molar-refractivity contribution is 6.47. The number of rotatable bonds is 10. The van der Waals surface area contributed by atoms with Crippen LogP contribution >= 0.6 is 0 Å². The van der Waals surface area contributed by atoms with Crippen molar-refractivity contribution in [2.75, 3.05) is 42.3 Å². The minimum absolute atomic E-state index is 0.365. The molecule has 0 aliphatic heterocycles. The Hall–Kier alpha value is -4.91. The first-order valence-electron chi connectivity index (χ1n) is 14.2. The van der Waals surface area contributed by atoms with Crippen molar-refractivity contribution in [3.05, 3.63) is 114 Å². The van der Waals surface area contributed by atoms with Gasteiger partial charge in [0.25, 0.3) is 11.7 Å². The van der Waals surface area contributed by atoms with Crippen LogP contribution in [0.3, 0.4) is 0 Å². The lowest BCUT2D eigenvalue weighted by Gasteiger charge is -2.23. The van der Waals surface area contributed by atoms with Gasteiger partial charge in [-0.1, -0.05) is 36.4 Å². The molecule has 42 heavy (non-hydrogen) atoms. The minimum Gasteiger partial charge on any atom is -0.375 e. The second-order valence-electron chi connectivity index (χ2n) is 10.9. The molecule has 0 unspecified atom stereocenters. The number of ketones is 1. The molecule has 5 aromatic rings. The fourth-order valence-corrected chi connectivity index (χ4v) is 5.35. The van der Waals surface area contributed by atoms with Crippen molar-refractivity contribution in [1.29, 1.82) is 0 Å². The van der Waals surface area contributed by atoms with E-state index in [1.54, 1.807) is 0 Å². The van der Waals surface area contributed by atoms with Crippen molar-refractivity contribution >= 4 is 34.4 Å². The molecule has 1 amide bonds. The monoisotopic (exact) mass is 559 g/mol. The Bertz CT molecular complexity index is 1700. The zero-order chi connectivity index (χ0) is 29.8. The number of nitrogens with one attached hydrogen (secondary N) is 1. The van der Waals surface area contributed by atoms with E-state index in [0.29, 0.717) is 11.4 Å². The molecule has 0 aliphatic rings. The largest absolute Gasteiger partial charge is 0.375 e. The number of benzene rings is 2. The van der Waals surface area contributed by atoms with Gasteiger partial charge in [0.05, 0.1) is 0 Å². The third kappa shape index (κ3) is 6.20. The van der Waals surface area contributed by atoms with Crippen molar-refractivity contribution < 1.29 is 9.59 Å². The van der Waals surface area contributed by atoms with Gasteiger partial charge in [-0.2, -0.15) is 0 Å². The first-order valence-corrected chi connectivity index (χ1v) is 14.2. The second kappa shape index (κ2) is 12.3. The number of Topliss-reactive ketones (excluding diaryl/α,β-unsaturated/α-hetero) is 1. The maximum atomic E-state index is 13.6. The van der Waals surface area contributed by atoms with Gasteiger partial charge >= 0.3 is 0 Å². The predicted molar refractivity (Wildman–Crippen MR) is 172 cm³/mol. The van der Waals surface area contributed by atoms with Crippen LogP contribution in [-0.2, 0) is 4.79 Å². The number of hydrogen-bond acceptors (Lipinski definition) is 5. The number of carbonyl (C=O) groups is 2. The lowest BCUT2D eigenvalue weighted by molar-refractivity contribution is -0.112. The Morgan fingerprint density at radius 2 is 1.52 bits per heavy atom. The average Bonchev–Trinajstić information content (AvgIpc) is 3.38. The van der Waals surface area contributed by atoms with E-state index < -0.39 is 11.7 Å². The summed E-state index contributed by atoms with van der Waals surface area (Å²) in [6.45, 7) is 7.79. The maximum Gasteiger partial charge on any atom is 0.298 e. The summed E-state index contributed by atoms with van der Waals surface area (Å²) in [5.74, 6) is -0.254. The molecule has 0 atom stereocenters. The fourth-order valence-electron chi connectivity index (χ4n) is 5.35. The minimum atomic E-state index is -0.667. The topological polar surface area (TPSA) is 70.0 Å². The molecule has 0 saturated heterocycles. The lowest BCUT2D eigenvalue weighted by Crippen LogP contribution is -2.26. The van der Waals surface area contributed by atoms with Gasteiger partial charge in [-0.15, -0.1) is 0 Å². The number of anilines is 3. The van der Waals surface area contributed by atoms with E-state index in [9.17, 15) is 9.59 Å². The Labute approximate surface area is 247 Å². The van der Waals surface area contributed by atoms with Gasteiger partial charge < -0.3 is 19.5 Å². The summed E-state index contributed by atoms with van der Waals surface area (Å²) in [6.07, 6.45) is 0.961. The molecule has 0 aliphatic carbocycles. The Balaban J connectivity index is 1.24. The molecule has 0 radical (unpaired) electrons. The summed E-state index contributed by atoms with van der Waals surface area (Å²) in [7, 11) is 4.12. The van der Waals surface area contributed by atoms with Gasteiger partial charge in [0.1, 0.15) is 11.5 Å². The lowest BCUT2D eigenvalue weighted by atomic mass is 10.0. The summed E-state index contributed by atoms with van der Waals surface area (Å²) >= 11 is 0. The van der Waals surface area contributed by atoms with Crippen LogP contribution in [0.2, 0.25) is 0 Å². The molecule has 3 heterocycles. The SMILES string of the molecule is Cc1cc(C)nc(N(C)CCCN(C)c2ccc(NC(=O)C(=O)c3c(-c4ccccc4)cc4cccc(C)n34)cc2)c1. The second-order valence-corrected chi connectivity index (χ2v) is 10.9. The highest BCUT2D eigenvalue weighted by Gasteiger charge is 2.25. The quantitative estimate of drug-likeness (QED) is 0.152. The van der Waals surface area contributed by atoms with Crippen LogP contribution in [0, 0.1) is 20.8 Å². The van der Waals surface area contributed by atoms with Gasteiger partial charge in [-0.25, -0.2) is 4.98 Å². The van der Waals surface area contributed by atoms with Gasteiger partial charge in [-0.3, -0.25) is 9.59 Å². The Kier molecular flexibility index (Phi) is 8.38. The van der Waals surface area contributed by atoms with Crippen molar-refractivity contribution in [3.8, 4) is 11.1 Å². The highest BCUT2D eigenvalue weighted by atomic mass is 16.2. The standard InChI is InChI=1S/C35H37N5O2/c1-24-21-25(2)36-32(22-24)39(5)20-10-19-38(4)29-17-15-28(16-18-29)37-35(42)34(41)33-31(27-12-7-6-8-13-27)23-30-14-9-11-26(3)40(30)33/h6-9,11-18,21-23H,10,19-20H2,1-5H3,(H,37,42). The van der Waals surface area contributed by atoms with E-state index >= 15 is 0 Å². The van der Waals surface area contributed by atoms with Crippen molar-refractivity contribution in [3.63, 3.8) is 0 Å². The van der Waals surface area contributed by atoms with Crippen LogP contribution in [0.5, 0.6) is 0 Å². The number of nitrogens with zero attached hydrogens (tertiary/aromatic N) is 4. The van der Waals surface area contributed by atoms with Crippen LogP contribution in [0.25, 0.3) is 16.6 Å². The van der Waals surface area contributed by atoms with E-state index in [2.05, 4.69) is 53.3 Å². The summed E-state index contributed by atoms with van der Waals surface area (Å²) in [5, 5.41) is 2.81. The highest BCUT2D eigenvalue weighted by Crippen LogP contribution is 2.29. The molecular weight excluding hydrogens is 522 g/mol. The molecule has 5 rings (SSSR count). The van der Waals surface area contributed by atoms with Crippen LogP contribution < -0.4 is 15.1 Å². The number of fused-ring (bicyclic) bond motifs is 1. The van der Waals surface area contributed by atoms with E-state index in [1.165, 1.54) is 5.56 Å². The summed E-state index contributed by atoms with van der Waals surface area (Å²) < 4.78 is 1.86. The van der Waals surface area contributed by atoms with Gasteiger partial charge in [-0.05, 0) is 92.9 Å². The van der Waals surface area contributed by atoms with E-state index in [0.717, 1.165) is 59.0 Å². The first kappa shape index (κ1) is 28.6. The molecule has 1 N–H and O–H groups in total. The van der Waals surface area contributed by atoms with Gasteiger partial charge in [0, 0.05) is 61.0 Å². The number of aryl methyl sites for hydroxylation is 3. The average molecular weight is 560 g/mol. The maximum absolute atomic E-state index is 13.6. The molecule has 0 bridgehead atoms. The summed E-state index contributed by atoms with van der Waals surface area (Å²) in [4.78, 5) is 35.9. The smallest absolute Gasteiger partial charge is 0.298 e. The molecular formula is C35H37N5O2. The molecule has 7 nitrogen and oxygen atoms in total. The van der Waals surface area contributed by atoms with Gasteiger partial charge in [0.2, 0.25) is 0 Å². The van der Waals surface area contributed by atoms with Gasteiger partial charge in [0.15, 0.2) is 0 Å². The number of hydrogen-bond donors (Lipinski definition) is 1. The molecule has 0 saturated carbocycles. The van der Waals surface area contributed by atoms with Crippen molar-refractivity contribution in [2.24, 2.45) is 0 Å². The third-order valence-electron chi connectivity index (χ3n) is 7.52. The molecule has 0 spiro atoms. The number of carbonyl (C=O) groups excluding carboxylic acids is 2. The van der Waals surface area contributed by atoms with Crippen LogP contribution in [0.15, 0.2) is 91.0 Å². The van der Waals surface area contributed by atoms with Crippen molar-refractivity contribution in [1.82, 2.24) is 9.38 Å². The molecule has 7 heteroatoms. The normalized spacial score (nSPS) is 11.0. The summed E-state index contributed by atoms with van der Waals surface area (Å²) in [5.41, 5.74) is 7.59. The number of pyridine rings is 2. The summed E-state index contributed by atoms with van der Waals surface area (Å²) in [6, 6.07) is 29.3. The Morgan fingerprint density at radius 1 is 0.810 bits per heavy atom. The first-order chi connectivity index (χ1) is 20.2. The molecule has 0 fully saturated rings. The number of amides is 1. The van der Waals surface area contributed by atoms with Crippen LogP contribution in [-0.4, -0.2) is 48.3 Å². The van der Waals surface area contributed by atoms with E-state index in [4.69, 9.17) is 0 Å². The van der Waals surface area contributed by atoms with E-state index in [1.807, 2.05) is 97.1 Å². The van der Waals surface area contributed by atoms with Crippen LogP contribution in [0.1, 0.15) is 33.9 Å². The molecule has 214 valence electrons. The third-order valence-corrected chi connectivity index (χ3v) is 7.52. The van der Waals surface area contributed by atoms with E-state index in [-0.39, 0.29) is 0 Å². The van der Waals surface area contributed by atoms with Crippen LogP contribution in [0.4, 0.5) is 17.2 Å². The zero-order valence-electron chi connectivity index (χ0n) is 24.9. The zero-order valence-corrected chi connectivity index (χ0v) is 24.9.